The second-order valence-corrected chi connectivity index (χ2v) is 17.1. The Morgan fingerprint density at radius 3 is 0.862 bits per heavy atom. The van der Waals surface area contributed by atoms with E-state index in [1.54, 1.807) is 0 Å². The molecule has 0 aromatic carbocycles. The van der Waals surface area contributed by atoms with Crippen molar-refractivity contribution in [2.24, 2.45) is 0 Å². The number of esters is 3. The quantitative estimate of drug-likeness (QED) is 0.0263. The molecule has 0 fully saturated rings. The fraction of sp³-hybridized carbons (Fsp3) is 0.865. The molecule has 0 aliphatic carbocycles. The lowest BCUT2D eigenvalue weighted by Gasteiger charge is -2.18. The summed E-state index contributed by atoms with van der Waals surface area (Å²) in [5.41, 5.74) is 0. The van der Waals surface area contributed by atoms with Crippen LogP contribution in [0.5, 0.6) is 0 Å². The van der Waals surface area contributed by atoms with E-state index in [4.69, 9.17) is 14.2 Å². The Labute approximate surface area is 360 Å². The summed E-state index contributed by atoms with van der Waals surface area (Å²) in [6, 6.07) is 0. The minimum absolute atomic E-state index is 0.0730. The number of hydrogen-bond donors (Lipinski definition) is 0. The zero-order valence-corrected chi connectivity index (χ0v) is 38.8. The lowest BCUT2D eigenvalue weighted by Crippen LogP contribution is -2.30. The average molecular weight is 817 g/mol. The predicted molar refractivity (Wildman–Crippen MR) is 247 cm³/mol. The first-order valence-corrected chi connectivity index (χ1v) is 25.3. The molecule has 1 atom stereocenters. The maximum absolute atomic E-state index is 12.7. The lowest BCUT2D eigenvalue weighted by molar-refractivity contribution is -0.167. The first-order chi connectivity index (χ1) is 28.5. The topological polar surface area (TPSA) is 78.9 Å². The molecule has 6 heteroatoms. The highest BCUT2D eigenvalue weighted by molar-refractivity contribution is 5.71. The van der Waals surface area contributed by atoms with Crippen LogP contribution in [0.15, 0.2) is 24.3 Å². The molecule has 0 rings (SSSR count). The third-order valence-electron chi connectivity index (χ3n) is 11.2. The van der Waals surface area contributed by atoms with E-state index in [9.17, 15) is 14.4 Å². The van der Waals surface area contributed by atoms with Gasteiger partial charge in [0.05, 0.1) is 0 Å². The minimum atomic E-state index is -0.771. The van der Waals surface area contributed by atoms with Crippen LogP contribution in [-0.2, 0) is 28.6 Å². The number of carbonyl (C=O) groups excluding carboxylic acids is 3. The van der Waals surface area contributed by atoms with Crippen molar-refractivity contribution >= 4 is 17.9 Å². The van der Waals surface area contributed by atoms with Crippen LogP contribution in [0.3, 0.4) is 0 Å². The summed E-state index contributed by atoms with van der Waals surface area (Å²) in [5, 5.41) is 0. The molecule has 0 saturated carbocycles. The molecule has 0 amide bonds. The highest BCUT2D eigenvalue weighted by Crippen LogP contribution is 2.15. The molecule has 0 bridgehead atoms. The van der Waals surface area contributed by atoms with Crippen LogP contribution in [0.1, 0.15) is 271 Å². The van der Waals surface area contributed by atoms with Gasteiger partial charge >= 0.3 is 17.9 Å². The fourth-order valence-electron chi connectivity index (χ4n) is 7.31. The molecule has 0 heterocycles. The number of carbonyl (C=O) groups is 3. The molecule has 0 aromatic heterocycles. The van der Waals surface area contributed by atoms with E-state index in [0.29, 0.717) is 19.3 Å². The van der Waals surface area contributed by atoms with Crippen molar-refractivity contribution in [3.8, 4) is 0 Å². The summed E-state index contributed by atoms with van der Waals surface area (Å²) < 4.78 is 16.7. The van der Waals surface area contributed by atoms with Crippen molar-refractivity contribution in [1.29, 1.82) is 0 Å². The van der Waals surface area contributed by atoms with Gasteiger partial charge in [-0.15, -0.1) is 0 Å². The molecule has 0 aliphatic heterocycles. The fourth-order valence-corrected chi connectivity index (χ4v) is 7.31. The third kappa shape index (κ3) is 45.0. The first-order valence-electron chi connectivity index (χ1n) is 25.3. The standard InChI is InChI=1S/C52H96O6/c1-4-7-10-13-16-19-21-23-25-26-27-29-30-33-36-39-42-45-51(54)57-48-49(47-56-50(53)44-41-38-35-32-18-15-12-9-6-3)58-52(55)46-43-40-37-34-31-28-24-22-20-17-14-11-8-5-2/h22-25,49H,4-21,26-48H2,1-3H3/b24-22-,25-23-/t49-/m1/s1. The molecule has 0 radical (unpaired) electrons. The highest BCUT2D eigenvalue weighted by Gasteiger charge is 2.19. The summed E-state index contributed by atoms with van der Waals surface area (Å²) in [6.07, 6.45) is 53.0. The highest BCUT2D eigenvalue weighted by atomic mass is 16.6. The van der Waals surface area contributed by atoms with E-state index >= 15 is 0 Å². The molecule has 340 valence electrons. The van der Waals surface area contributed by atoms with E-state index in [0.717, 1.165) is 64.2 Å². The normalized spacial score (nSPS) is 12.1. The molecule has 58 heavy (non-hydrogen) atoms. The molecule has 0 N–H and O–H groups in total. The monoisotopic (exact) mass is 817 g/mol. The maximum atomic E-state index is 12.7. The van der Waals surface area contributed by atoms with Gasteiger partial charge in [-0.3, -0.25) is 14.4 Å². The smallest absolute Gasteiger partial charge is 0.306 e. The summed E-state index contributed by atoms with van der Waals surface area (Å²) in [5.74, 6) is -0.879. The molecular weight excluding hydrogens is 721 g/mol. The van der Waals surface area contributed by atoms with Gasteiger partial charge in [-0.1, -0.05) is 206 Å². The Balaban J connectivity index is 4.31. The first kappa shape index (κ1) is 55.9. The summed E-state index contributed by atoms with van der Waals surface area (Å²) in [4.78, 5) is 37.8. The van der Waals surface area contributed by atoms with Gasteiger partial charge in [0.25, 0.3) is 0 Å². The summed E-state index contributed by atoms with van der Waals surface area (Å²) in [6.45, 7) is 6.61. The molecule has 0 saturated heterocycles. The number of unbranched alkanes of at least 4 members (excludes halogenated alkanes) is 31. The Bertz CT molecular complexity index is 942. The van der Waals surface area contributed by atoms with Gasteiger partial charge in [-0.05, 0) is 70.6 Å². The average Bonchev–Trinajstić information content (AvgIpc) is 3.22. The van der Waals surface area contributed by atoms with Crippen LogP contribution >= 0.6 is 0 Å². The second kappa shape index (κ2) is 47.6. The van der Waals surface area contributed by atoms with Crippen molar-refractivity contribution in [1.82, 2.24) is 0 Å². The summed E-state index contributed by atoms with van der Waals surface area (Å²) in [7, 11) is 0. The molecule has 0 aliphatic rings. The zero-order chi connectivity index (χ0) is 42.3. The zero-order valence-electron chi connectivity index (χ0n) is 38.8. The SMILES string of the molecule is CCCCCCC/C=C\CCCCCCCC(=O)O[C@@H](COC(=O)CCCCCCCCC/C=C\CCCCCCCC)COC(=O)CCCCCCCCCCC. The van der Waals surface area contributed by atoms with Gasteiger partial charge in [0.2, 0.25) is 0 Å². The third-order valence-corrected chi connectivity index (χ3v) is 11.2. The number of allylic oxidation sites excluding steroid dienone is 4. The van der Waals surface area contributed by atoms with Crippen LogP contribution < -0.4 is 0 Å². The van der Waals surface area contributed by atoms with Crippen molar-refractivity contribution in [3.05, 3.63) is 24.3 Å². The van der Waals surface area contributed by atoms with Gasteiger partial charge in [-0.25, -0.2) is 0 Å². The largest absolute Gasteiger partial charge is 0.462 e. The van der Waals surface area contributed by atoms with Crippen molar-refractivity contribution < 1.29 is 28.6 Å². The second-order valence-electron chi connectivity index (χ2n) is 17.1. The Morgan fingerprint density at radius 2 is 0.569 bits per heavy atom. The van der Waals surface area contributed by atoms with E-state index in [-0.39, 0.29) is 31.1 Å². The Morgan fingerprint density at radius 1 is 0.328 bits per heavy atom. The maximum Gasteiger partial charge on any atom is 0.306 e. The Kier molecular flexibility index (Phi) is 45.8. The summed E-state index contributed by atoms with van der Waals surface area (Å²) >= 11 is 0. The van der Waals surface area contributed by atoms with E-state index in [1.807, 2.05) is 0 Å². The number of rotatable bonds is 46. The molecule has 0 spiro atoms. The molecule has 0 unspecified atom stereocenters. The predicted octanol–water partition coefficient (Wildman–Crippen LogP) is 16.4. The minimum Gasteiger partial charge on any atom is -0.462 e. The van der Waals surface area contributed by atoms with Gasteiger partial charge < -0.3 is 14.2 Å². The van der Waals surface area contributed by atoms with E-state index < -0.39 is 6.10 Å². The van der Waals surface area contributed by atoms with Crippen LogP contribution in [-0.4, -0.2) is 37.2 Å². The van der Waals surface area contributed by atoms with Crippen LogP contribution in [0.4, 0.5) is 0 Å². The lowest BCUT2D eigenvalue weighted by atomic mass is 10.1. The van der Waals surface area contributed by atoms with Crippen LogP contribution in [0, 0.1) is 0 Å². The number of ether oxygens (including phenoxy) is 3. The van der Waals surface area contributed by atoms with E-state index in [2.05, 4.69) is 45.1 Å². The van der Waals surface area contributed by atoms with E-state index in [1.165, 1.54) is 167 Å². The van der Waals surface area contributed by atoms with Gasteiger partial charge in [-0.2, -0.15) is 0 Å². The molecule has 0 aromatic rings. The molecule has 6 nitrogen and oxygen atoms in total. The van der Waals surface area contributed by atoms with Crippen LogP contribution in [0.2, 0.25) is 0 Å². The Hall–Kier alpha value is -2.11. The van der Waals surface area contributed by atoms with Gasteiger partial charge in [0.1, 0.15) is 13.2 Å². The van der Waals surface area contributed by atoms with Crippen molar-refractivity contribution in [2.45, 2.75) is 277 Å². The van der Waals surface area contributed by atoms with Crippen LogP contribution in [0.25, 0.3) is 0 Å². The van der Waals surface area contributed by atoms with Gasteiger partial charge in [0.15, 0.2) is 6.10 Å². The number of hydrogen-bond acceptors (Lipinski definition) is 6. The van der Waals surface area contributed by atoms with Gasteiger partial charge in [0, 0.05) is 19.3 Å². The van der Waals surface area contributed by atoms with Crippen molar-refractivity contribution in [2.75, 3.05) is 13.2 Å². The molecular formula is C52H96O6. The van der Waals surface area contributed by atoms with Crippen molar-refractivity contribution in [3.63, 3.8) is 0 Å².